The summed E-state index contributed by atoms with van der Waals surface area (Å²) in [6.07, 6.45) is 2.09. The summed E-state index contributed by atoms with van der Waals surface area (Å²) in [6, 6.07) is 16.0. The van der Waals surface area contributed by atoms with Gasteiger partial charge in [-0.1, -0.05) is 24.3 Å². The Balaban J connectivity index is 1.16. The lowest BCUT2D eigenvalue weighted by Crippen LogP contribution is -2.46. The van der Waals surface area contributed by atoms with Crippen molar-refractivity contribution in [2.24, 2.45) is 0 Å². The minimum Gasteiger partial charge on any atom is -0.387 e. The van der Waals surface area contributed by atoms with Crippen molar-refractivity contribution in [2.45, 2.75) is 12.8 Å². The molecule has 1 saturated heterocycles. The number of carbonyl (C=O) groups excluding carboxylic acids is 1. The number of benzene rings is 2. The van der Waals surface area contributed by atoms with Crippen molar-refractivity contribution in [1.82, 2.24) is 14.6 Å². The van der Waals surface area contributed by atoms with E-state index in [9.17, 15) is 4.79 Å². The predicted molar refractivity (Wildman–Crippen MR) is 126 cm³/mol. The van der Waals surface area contributed by atoms with Crippen LogP contribution in [0.25, 0.3) is 10.9 Å². The number of carbonyl (C=O) groups is 1. The third-order valence-electron chi connectivity index (χ3n) is 5.65. The molecule has 1 amide bonds. The molecule has 2 N–H and O–H groups in total. The Morgan fingerprint density at radius 3 is 2.63 bits per heavy atom. The van der Waals surface area contributed by atoms with Crippen LogP contribution in [0, 0.1) is 0 Å². The number of unbranched alkanes of at least 4 members (excludes halogenated alkanes) is 1. The SMILES string of the molecule is CNc1ccccc1C(=O)NCCCCN1CCN(c2snc3ccccc23)CC1. The molecule has 158 valence electrons. The zero-order chi connectivity index (χ0) is 20.8. The lowest BCUT2D eigenvalue weighted by atomic mass is 10.1. The summed E-state index contributed by atoms with van der Waals surface area (Å²) in [5.41, 5.74) is 2.66. The molecule has 7 heteroatoms. The number of amides is 1. The number of rotatable bonds is 8. The van der Waals surface area contributed by atoms with Crippen molar-refractivity contribution in [1.29, 1.82) is 0 Å². The molecule has 1 aliphatic rings. The topological polar surface area (TPSA) is 60.5 Å². The summed E-state index contributed by atoms with van der Waals surface area (Å²) in [5.74, 6) is -0.00894. The molecule has 2 aromatic carbocycles. The van der Waals surface area contributed by atoms with E-state index < -0.39 is 0 Å². The number of nitrogens with zero attached hydrogens (tertiary/aromatic N) is 3. The Morgan fingerprint density at radius 1 is 1.03 bits per heavy atom. The van der Waals surface area contributed by atoms with Gasteiger partial charge in [0, 0.05) is 50.8 Å². The molecule has 2 heterocycles. The van der Waals surface area contributed by atoms with Crippen LogP contribution in [-0.4, -0.2) is 61.5 Å². The summed E-state index contributed by atoms with van der Waals surface area (Å²) in [5, 5.41) is 8.68. The average molecular weight is 424 g/mol. The second-order valence-electron chi connectivity index (χ2n) is 7.59. The van der Waals surface area contributed by atoms with E-state index in [-0.39, 0.29) is 5.91 Å². The first-order valence-electron chi connectivity index (χ1n) is 10.6. The quantitative estimate of drug-likeness (QED) is 0.542. The molecule has 30 heavy (non-hydrogen) atoms. The molecular formula is C23H29N5OS. The second-order valence-corrected chi connectivity index (χ2v) is 8.34. The number of hydrogen-bond acceptors (Lipinski definition) is 6. The Labute approximate surface area is 182 Å². The minimum absolute atomic E-state index is 0.00894. The lowest BCUT2D eigenvalue weighted by molar-refractivity contribution is 0.0953. The third kappa shape index (κ3) is 4.74. The van der Waals surface area contributed by atoms with Crippen molar-refractivity contribution < 1.29 is 4.79 Å². The molecular weight excluding hydrogens is 394 g/mol. The Bertz CT molecular complexity index is 980. The van der Waals surface area contributed by atoms with E-state index in [1.165, 1.54) is 10.4 Å². The van der Waals surface area contributed by atoms with Gasteiger partial charge in [-0.15, -0.1) is 0 Å². The summed E-state index contributed by atoms with van der Waals surface area (Å²) >= 11 is 1.61. The molecule has 3 aromatic rings. The van der Waals surface area contributed by atoms with E-state index >= 15 is 0 Å². The highest BCUT2D eigenvalue weighted by molar-refractivity contribution is 7.11. The van der Waals surface area contributed by atoms with E-state index in [1.807, 2.05) is 37.4 Å². The summed E-state index contributed by atoms with van der Waals surface area (Å²) in [4.78, 5) is 17.4. The molecule has 1 fully saturated rings. The van der Waals surface area contributed by atoms with Gasteiger partial charge in [0.25, 0.3) is 5.91 Å². The maximum absolute atomic E-state index is 12.4. The van der Waals surface area contributed by atoms with Gasteiger partial charge in [-0.25, -0.2) is 0 Å². The van der Waals surface area contributed by atoms with Gasteiger partial charge in [-0.3, -0.25) is 9.69 Å². The Kier molecular flexibility index (Phi) is 6.81. The second kappa shape index (κ2) is 9.91. The first-order valence-corrected chi connectivity index (χ1v) is 11.4. The van der Waals surface area contributed by atoms with Crippen LogP contribution in [0.15, 0.2) is 48.5 Å². The van der Waals surface area contributed by atoms with Crippen molar-refractivity contribution in [3.8, 4) is 0 Å². The molecule has 0 unspecified atom stereocenters. The molecule has 1 aliphatic heterocycles. The fourth-order valence-corrected chi connectivity index (χ4v) is 4.85. The summed E-state index contributed by atoms with van der Waals surface area (Å²) in [6.45, 7) is 6.04. The fourth-order valence-electron chi connectivity index (χ4n) is 3.93. The Hall–Kier alpha value is -2.64. The van der Waals surface area contributed by atoms with Crippen molar-refractivity contribution in [3.63, 3.8) is 0 Å². The van der Waals surface area contributed by atoms with Crippen LogP contribution in [0.1, 0.15) is 23.2 Å². The van der Waals surface area contributed by atoms with Crippen LogP contribution < -0.4 is 15.5 Å². The van der Waals surface area contributed by atoms with Gasteiger partial charge >= 0.3 is 0 Å². The lowest BCUT2D eigenvalue weighted by Gasteiger charge is -2.35. The standard InChI is InChI=1S/C23H29N5OS/c1-24-20-10-4-2-8-18(20)22(29)25-12-6-7-13-27-14-16-28(17-15-27)23-19-9-3-5-11-21(19)26-30-23/h2-5,8-11,24H,6-7,12-17H2,1H3,(H,25,29). The molecule has 0 radical (unpaired) electrons. The van der Waals surface area contributed by atoms with Gasteiger partial charge in [0.1, 0.15) is 5.00 Å². The van der Waals surface area contributed by atoms with E-state index in [2.05, 4.69) is 43.0 Å². The van der Waals surface area contributed by atoms with Crippen LogP contribution in [0.4, 0.5) is 10.7 Å². The van der Waals surface area contributed by atoms with E-state index in [1.54, 1.807) is 11.5 Å². The van der Waals surface area contributed by atoms with Gasteiger partial charge in [-0.05, 0) is 55.2 Å². The number of piperazine rings is 1. The van der Waals surface area contributed by atoms with Gasteiger partial charge in [0.05, 0.1) is 11.1 Å². The minimum atomic E-state index is -0.00894. The van der Waals surface area contributed by atoms with Crippen LogP contribution >= 0.6 is 11.5 Å². The predicted octanol–water partition coefficient (Wildman–Crippen LogP) is 3.67. The van der Waals surface area contributed by atoms with Gasteiger partial charge in [0.2, 0.25) is 0 Å². The number of fused-ring (bicyclic) bond motifs is 1. The first-order chi connectivity index (χ1) is 14.8. The van der Waals surface area contributed by atoms with Gasteiger partial charge < -0.3 is 15.5 Å². The van der Waals surface area contributed by atoms with Gasteiger partial charge in [-0.2, -0.15) is 4.37 Å². The van der Waals surface area contributed by atoms with Crippen LogP contribution in [0.3, 0.4) is 0 Å². The average Bonchev–Trinajstić information content (AvgIpc) is 3.23. The fraction of sp³-hybridized carbons (Fsp3) is 0.391. The Morgan fingerprint density at radius 2 is 1.80 bits per heavy atom. The van der Waals surface area contributed by atoms with E-state index in [0.29, 0.717) is 12.1 Å². The first kappa shape index (κ1) is 20.6. The highest BCUT2D eigenvalue weighted by atomic mass is 32.1. The molecule has 0 saturated carbocycles. The number of para-hydroxylation sites is 1. The number of hydrogen-bond donors (Lipinski definition) is 2. The summed E-state index contributed by atoms with van der Waals surface area (Å²) < 4.78 is 4.58. The maximum Gasteiger partial charge on any atom is 0.253 e. The normalized spacial score (nSPS) is 14.8. The van der Waals surface area contributed by atoms with Crippen molar-refractivity contribution >= 4 is 39.0 Å². The van der Waals surface area contributed by atoms with E-state index in [0.717, 1.165) is 56.8 Å². The smallest absolute Gasteiger partial charge is 0.253 e. The summed E-state index contributed by atoms with van der Waals surface area (Å²) in [7, 11) is 1.84. The van der Waals surface area contributed by atoms with Crippen molar-refractivity contribution in [2.75, 3.05) is 56.5 Å². The molecule has 1 aromatic heterocycles. The van der Waals surface area contributed by atoms with Crippen LogP contribution in [-0.2, 0) is 0 Å². The monoisotopic (exact) mass is 423 g/mol. The molecule has 0 atom stereocenters. The van der Waals surface area contributed by atoms with Crippen molar-refractivity contribution in [3.05, 3.63) is 54.1 Å². The van der Waals surface area contributed by atoms with E-state index in [4.69, 9.17) is 0 Å². The molecule has 0 spiro atoms. The maximum atomic E-state index is 12.4. The molecule has 0 aliphatic carbocycles. The van der Waals surface area contributed by atoms with Gasteiger partial charge in [0.15, 0.2) is 0 Å². The number of nitrogens with one attached hydrogen (secondary N) is 2. The third-order valence-corrected chi connectivity index (χ3v) is 6.59. The van der Waals surface area contributed by atoms with Crippen LogP contribution in [0.2, 0.25) is 0 Å². The molecule has 6 nitrogen and oxygen atoms in total. The largest absolute Gasteiger partial charge is 0.387 e. The molecule has 4 rings (SSSR count). The highest BCUT2D eigenvalue weighted by Crippen LogP contribution is 2.31. The highest BCUT2D eigenvalue weighted by Gasteiger charge is 2.20. The zero-order valence-corrected chi connectivity index (χ0v) is 18.3. The zero-order valence-electron chi connectivity index (χ0n) is 17.4. The van der Waals surface area contributed by atoms with Crippen LogP contribution in [0.5, 0.6) is 0 Å². The molecule has 0 bridgehead atoms. The number of anilines is 2. The number of aromatic nitrogens is 1.